The lowest BCUT2D eigenvalue weighted by Crippen LogP contribution is -2.29. The van der Waals surface area contributed by atoms with Gasteiger partial charge in [0.05, 0.1) is 5.56 Å². The van der Waals surface area contributed by atoms with Crippen molar-refractivity contribution in [2.45, 2.75) is 12.8 Å². The Hall–Kier alpha value is -2.48. The van der Waals surface area contributed by atoms with Crippen LogP contribution in [0.3, 0.4) is 0 Å². The van der Waals surface area contributed by atoms with Gasteiger partial charge in [0.25, 0.3) is 0 Å². The summed E-state index contributed by atoms with van der Waals surface area (Å²) in [5.41, 5.74) is 1.09. The number of carbonyl (C=O) groups excluding carboxylic acids is 1. The first-order valence-corrected chi connectivity index (χ1v) is 5.80. The van der Waals surface area contributed by atoms with E-state index in [1.165, 1.54) is 24.3 Å². The molecule has 2 rings (SSSR count). The van der Waals surface area contributed by atoms with Crippen LogP contribution < -0.4 is 16.0 Å². The summed E-state index contributed by atoms with van der Waals surface area (Å²) in [7, 11) is 0. The zero-order valence-corrected chi connectivity index (χ0v) is 10.6. The average molecular weight is 300 g/mol. The number of hydrogen-bond donors (Lipinski definition) is 2. The summed E-state index contributed by atoms with van der Waals surface area (Å²) >= 11 is 0. The van der Waals surface area contributed by atoms with Gasteiger partial charge in [-0.15, -0.1) is 0 Å². The van der Waals surface area contributed by atoms with Crippen molar-refractivity contribution in [3.05, 3.63) is 53.5 Å². The van der Waals surface area contributed by atoms with E-state index in [0.29, 0.717) is 0 Å². The lowest BCUT2D eigenvalue weighted by molar-refractivity contribution is -0.137. The first kappa shape index (κ1) is 14.9. The molecule has 1 amide bonds. The number of alkyl halides is 3. The van der Waals surface area contributed by atoms with Gasteiger partial charge in [0, 0.05) is 0 Å². The molecule has 0 atom stereocenters. The van der Waals surface area contributed by atoms with Gasteiger partial charge in [-0.05, 0) is 30.3 Å². The third kappa shape index (κ3) is 3.76. The Bertz CT molecular complexity index is 638. The van der Waals surface area contributed by atoms with E-state index < -0.39 is 17.6 Å². The van der Waals surface area contributed by atoms with Gasteiger partial charge >= 0.3 is 12.1 Å². The Kier molecular flexibility index (Phi) is 4.18. The summed E-state index contributed by atoms with van der Waals surface area (Å²) in [6.45, 7) is -0.112. The molecule has 0 radical (unpaired) electrons. The van der Waals surface area contributed by atoms with Crippen LogP contribution in [0.1, 0.15) is 21.9 Å². The third-order valence-corrected chi connectivity index (χ3v) is 2.56. The van der Waals surface area contributed by atoms with Crippen LogP contribution in [0.2, 0.25) is 0 Å². The minimum Gasteiger partial charge on any atom is -0.486 e. The number of nitrogens with two attached hydrogens (primary N) is 1. The molecule has 2 aromatic rings. The van der Waals surface area contributed by atoms with E-state index in [-0.39, 0.29) is 23.9 Å². The van der Waals surface area contributed by atoms with Gasteiger partial charge in [0.2, 0.25) is 0 Å². The highest BCUT2D eigenvalue weighted by molar-refractivity contribution is 5.90. The zero-order valence-electron chi connectivity index (χ0n) is 10.6. The van der Waals surface area contributed by atoms with Crippen LogP contribution in [-0.2, 0) is 12.8 Å². The van der Waals surface area contributed by atoms with E-state index in [1.54, 1.807) is 0 Å². The largest absolute Gasteiger partial charge is 0.486 e. The van der Waals surface area contributed by atoms with Crippen molar-refractivity contribution in [1.82, 2.24) is 5.43 Å². The standard InChI is InChI=1S/C13H11F3N2O3/c14-13(15,16)8-2-1-3-9(6-8)20-7-10-4-5-11(21-10)12(19)18-17/h1-6H,7,17H2,(H,18,19). The fraction of sp³-hybridized carbons (Fsp3) is 0.154. The molecule has 1 aromatic heterocycles. The molecule has 0 unspecified atom stereocenters. The number of halogens is 3. The fourth-order valence-corrected chi connectivity index (χ4v) is 1.57. The molecule has 0 bridgehead atoms. The van der Waals surface area contributed by atoms with Crippen LogP contribution in [0.4, 0.5) is 13.2 Å². The summed E-state index contributed by atoms with van der Waals surface area (Å²) in [5.74, 6) is 4.64. The first-order chi connectivity index (χ1) is 9.90. The van der Waals surface area contributed by atoms with E-state index in [9.17, 15) is 18.0 Å². The number of furan rings is 1. The highest BCUT2D eigenvalue weighted by atomic mass is 19.4. The lowest BCUT2D eigenvalue weighted by atomic mass is 10.2. The van der Waals surface area contributed by atoms with Crippen LogP contribution in [0, 0.1) is 0 Å². The SMILES string of the molecule is NNC(=O)c1ccc(COc2cccc(C(F)(F)F)c2)o1. The maximum Gasteiger partial charge on any atom is 0.416 e. The number of carbonyl (C=O) groups is 1. The second kappa shape index (κ2) is 5.88. The summed E-state index contributed by atoms with van der Waals surface area (Å²) in [6, 6.07) is 7.32. The highest BCUT2D eigenvalue weighted by Gasteiger charge is 2.30. The third-order valence-electron chi connectivity index (χ3n) is 2.56. The predicted octanol–water partition coefficient (Wildman–Crippen LogP) is 2.48. The maximum absolute atomic E-state index is 12.5. The first-order valence-electron chi connectivity index (χ1n) is 5.80. The zero-order chi connectivity index (χ0) is 15.5. The summed E-state index contributed by atoms with van der Waals surface area (Å²) < 4.78 is 47.9. The number of ether oxygens (including phenoxy) is 1. The Morgan fingerprint density at radius 2 is 2.05 bits per heavy atom. The van der Waals surface area contributed by atoms with E-state index in [0.717, 1.165) is 12.1 Å². The Morgan fingerprint density at radius 1 is 1.29 bits per heavy atom. The topological polar surface area (TPSA) is 77.5 Å². The summed E-state index contributed by atoms with van der Waals surface area (Å²) in [5, 5.41) is 0. The van der Waals surface area contributed by atoms with Crippen LogP contribution >= 0.6 is 0 Å². The number of amides is 1. The van der Waals surface area contributed by atoms with Crippen LogP contribution in [0.15, 0.2) is 40.8 Å². The van der Waals surface area contributed by atoms with Crippen molar-refractivity contribution >= 4 is 5.91 Å². The normalized spacial score (nSPS) is 11.2. The van der Waals surface area contributed by atoms with E-state index >= 15 is 0 Å². The second-order valence-electron chi connectivity index (χ2n) is 4.05. The van der Waals surface area contributed by atoms with E-state index in [1.807, 2.05) is 5.43 Å². The molecule has 5 nitrogen and oxygen atoms in total. The molecule has 0 saturated carbocycles. The quantitative estimate of drug-likeness (QED) is 0.516. The van der Waals surface area contributed by atoms with Crippen molar-refractivity contribution in [3.63, 3.8) is 0 Å². The van der Waals surface area contributed by atoms with Crippen LogP contribution in [0.5, 0.6) is 5.75 Å². The smallest absolute Gasteiger partial charge is 0.416 e. The number of nitrogen functional groups attached to an aromatic ring is 1. The molecule has 0 aliphatic heterocycles. The minimum atomic E-state index is -4.43. The molecule has 8 heteroatoms. The van der Waals surface area contributed by atoms with Gasteiger partial charge < -0.3 is 9.15 Å². The van der Waals surface area contributed by atoms with Crippen molar-refractivity contribution in [3.8, 4) is 5.75 Å². The molecular formula is C13H11F3N2O3. The fourth-order valence-electron chi connectivity index (χ4n) is 1.57. The van der Waals surface area contributed by atoms with Gasteiger partial charge in [0.15, 0.2) is 5.76 Å². The second-order valence-corrected chi connectivity index (χ2v) is 4.05. The molecule has 1 heterocycles. The number of nitrogens with one attached hydrogen (secondary N) is 1. The Balaban J connectivity index is 2.03. The number of hydrogen-bond acceptors (Lipinski definition) is 4. The number of rotatable bonds is 4. The Morgan fingerprint density at radius 3 is 2.71 bits per heavy atom. The van der Waals surface area contributed by atoms with Crippen molar-refractivity contribution in [2.24, 2.45) is 5.84 Å². The van der Waals surface area contributed by atoms with Gasteiger partial charge in [-0.25, -0.2) is 5.84 Å². The molecule has 0 saturated heterocycles. The lowest BCUT2D eigenvalue weighted by Gasteiger charge is -2.09. The average Bonchev–Trinajstić information content (AvgIpc) is 2.92. The van der Waals surface area contributed by atoms with Crippen molar-refractivity contribution < 1.29 is 27.1 Å². The number of benzene rings is 1. The molecule has 0 aliphatic rings. The van der Waals surface area contributed by atoms with Gasteiger partial charge in [-0.2, -0.15) is 13.2 Å². The molecule has 112 valence electrons. The van der Waals surface area contributed by atoms with Gasteiger partial charge in [-0.3, -0.25) is 10.2 Å². The minimum absolute atomic E-state index is 0.0138. The predicted molar refractivity (Wildman–Crippen MR) is 66.1 cm³/mol. The molecule has 0 spiro atoms. The van der Waals surface area contributed by atoms with Crippen molar-refractivity contribution in [1.29, 1.82) is 0 Å². The monoisotopic (exact) mass is 300 g/mol. The molecule has 0 fully saturated rings. The molecular weight excluding hydrogens is 289 g/mol. The Labute approximate surface area is 117 Å². The summed E-state index contributed by atoms with van der Waals surface area (Å²) in [6.07, 6.45) is -4.43. The van der Waals surface area contributed by atoms with E-state index in [4.69, 9.17) is 15.0 Å². The molecule has 21 heavy (non-hydrogen) atoms. The molecule has 1 aromatic carbocycles. The maximum atomic E-state index is 12.5. The molecule has 3 N–H and O–H groups in total. The molecule has 0 aliphatic carbocycles. The number of hydrazine groups is 1. The highest BCUT2D eigenvalue weighted by Crippen LogP contribution is 2.31. The van der Waals surface area contributed by atoms with Crippen LogP contribution in [0.25, 0.3) is 0 Å². The van der Waals surface area contributed by atoms with E-state index in [2.05, 4.69) is 0 Å². The van der Waals surface area contributed by atoms with Gasteiger partial charge in [0.1, 0.15) is 18.1 Å². The van der Waals surface area contributed by atoms with Crippen molar-refractivity contribution in [2.75, 3.05) is 0 Å². The summed E-state index contributed by atoms with van der Waals surface area (Å²) in [4.78, 5) is 11.2. The van der Waals surface area contributed by atoms with Gasteiger partial charge in [-0.1, -0.05) is 6.07 Å². The van der Waals surface area contributed by atoms with Crippen LogP contribution in [-0.4, -0.2) is 5.91 Å².